The van der Waals surface area contributed by atoms with Crippen molar-refractivity contribution in [3.63, 3.8) is 0 Å². The maximum atomic E-state index is 15.8. The number of nitrogens with two attached hydrogens (primary N) is 1. The van der Waals surface area contributed by atoms with Crippen molar-refractivity contribution in [1.29, 1.82) is 0 Å². The third-order valence-electron chi connectivity index (χ3n) is 10.4. The molecule has 6 N–H and O–H groups in total. The van der Waals surface area contributed by atoms with Crippen molar-refractivity contribution in [2.75, 3.05) is 44.8 Å². The number of benzene rings is 2. The normalized spacial score (nSPS) is 17.8. The van der Waals surface area contributed by atoms with Gasteiger partial charge in [-0.3, -0.25) is 24.1 Å². The number of hydrogen-bond donors (Lipinski definition) is 5. The number of pyridine rings is 2. The molecule has 18 heteroatoms. The summed E-state index contributed by atoms with van der Waals surface area (Å²) in [5, 5.41) is 19.3. The van der Waals surface area contributed by atoms with Gasteiger partial charge in [0.2, 0.25) is 11.8 Å². The number of aromatic nitrogens is 2. The molecule has 7 rings (SSSR count). The molecule has 0 bridgehead atoms. The van der Waals surface area contributed by atoms with Gasteiger partial charge in [0, 0.05) is 48.6 Å². The molecular weight excluding hydrogens is 745 g/mol. The number of amides is 4. The number of nitrogens with one attached hydrogen (secondary N) is 3. The number of carbonyl (C=O) groups excluding carboxylic acids is 5. The molecule has 3 aliphatic heterocycles. The molecule has 17 nitrogen and oxygen atoms in total. The van der Waals surface area contributed by atoms with Crippen LogP contribution in [0.1, 0.15) is 41.2 Å². The number of primary amides is 1. The molecule has 1 saturated heterocycles. The maximum Gasteiger partial charge on any atom is 0.405 e. The van der Waals surface area contributed by atoms with E-state index in [1.54, 1.807) is 43.3 Å². The lowest BCUT2D eigenvalue weighted by molar-refractivity contribution is -0.172. The molecular formula is C39H40FN7O10. The first-order chi connectivity index (χ1) is 27.4. The van der Waals surface area contributed by atoms with Gasteiger partial charge < -0.3 is 45.6 Å². The lowest BCUT2D eigenvalue weighted by atomic mass is 9.86. The lowest BCUT2D eigenvalue weighted by Crippen LogP contribution is -2.50. The Morgan fingerprint density at radius 1 is 1.07 bits per heavy atom. The van der Waals surface area contributed by atoms with Crippen LogP contribution in [-0.2, 0) is 65.1 Å². The van der Waals surface area contributed by atoms with Crippen LogP contribution in [0, 0.1) is 5.82 Å². The molecule has 4 amide bonds. The molecule has 57 heavy (non-hydrogen) atoms. The Balaban J connectivity index is 1.17. The monoisotopic (exact) mass is 785 g/mol. The topological polar surface area (TPSA) is 234 Å². The fourth-order valence-electron chi connectivity index (χ4n) is 7.36. The predicted octanol–water partition coefficient (Wildman–Crippen LogP) is 0.928. The van der Waals surface area contributed by atoms with Crippen molar-refractivity contribution in [2.24, 2.45) is 5.73 Å². The summed E-state index contributed by atoms with van der Waals surface area (Å²) in [6, 6.07) is 11.8. The molecule has 4 aromatic rings. The van der Waals surface area contributed by atoms with Crippen LogP contribution in [0.2, 0.25) is 0 Å². The standard InChI is InChI=1S/C39H40FN7O10/c1-2-39(54)26-14-31-34-24(18-47(31)36(51)25(26)19-56-37(39)52)23(17-46-8-10-55-11-9-46)22-13-29(27(40)15-28(22)45-34)43-32(48)16-42-35(50)30(12-21-6-4-3-5-7-21)44-33(49)20-57-38(41)53/h3-7,13-15,30,54H,2,8-12,16-20H2,1H3,(H2,41,53)(H,42,50)(H,43,48)(H,44,49)/t30-,39-/m0/s1. The van der Waals surface area contributed by atoms with Crippen LogP contribution in [-0.4, -0.2) is 94.8 Å². The zero-order valence-corrected chi connectivity index (χ0v) is 30.9. The van der Waals surface area contributed by atoms with Gasteiger partial charge in [-0.2, -0.15) is 0 Å². The highest BCUT2D eigenvalue weighted by Crippen LogP contribution is 2.41. The van der Waals surface area contributed by atoms with Crippen molar-refractivity contribution in [1.82, 2.24) is 25.1 Å². The van der Waals surface area contributed by atoms with E-state index >= 15 is 4.39 Å². The molecule has 5 heterocycles. The van der Waals surface area contributed by atoms with E-state index in [4.69, 9.17) is 20.2 Å². The molecule has 1 fully saturated rings. The summed E-state index contributed by atoms with van der Waals surface area (Å²) in [5.74, 6) is -3.95. The van der Waals surface area contributed by atoms with Crippen LogP contribution in [0.15, 0.2) is 53.3 Å². The summed E-state index contributed by atoms with van der Waals surface area (Å²) >= 11 is 0. The molecule has 298 valence electrons. The third kappa shape index (κ3) is 7.91. The highest BCUT2D eigenvalue weighted by molar-refractivity contribution is 5.99. The minimum absolute atomic E-state index is 0.0237. The highest BCUT2D eigenvalue weighted by atomic mass is 19.1. The quantitative estimate of drug-likeness (QED) is 0.111. The SMILES string of the molecule is CC[C@@]1(O)C(=O)OCc2c1cc1n(c2=O)Cc2c-1nc1cc(F)c(NC(=O)CNC(=O)[C@H](Cc3ccccc3)NC(=O)COC(N)=O)cc1c2CN1CCOCC1. The molecule has 0 aliphatic carbocycles. The molecule has 2 atom stereocenters. The van der Waals surface area contributed by atoms with E-state index in [0.29, 0.717) is 60.7 Å². The zero-order valence-electron chi connectivity index (χ0n) is 30.9. The van der Waals surface area contributed by atoms with Crippen molar-refractivity contribution in [3.05, 3.63) is 92.5 Å². The van der Waals surface area contributed by atoms with Gasteiger partial charge in [-0.05, 0) is 29.7 Å². The maximum absolute atomic E-state index is 15.8. The Kier molecular flexibility index (Phi) is 11.0. The van der Waals surface area contributed by atoms with Crippen molar-refractivity contribution in [2.45, 2.75) is 51.1 Å². The number of aliphatic hydroxyl groups is 1. The Bertz CT molecular complexity index is 2350. The number of rotatable bonds is 12. The van der Waals surface area contributed by atoms with Gasteiger partial charge in [0.05, 0.1) is 54.5 Å². The van der Waals surface area contributed by atoms with Crippen LogP contribution < -0.4 is 27.2 Å². The first kappa shape index (κ1) is 39.0. The fraction of sp³-hybridized carbons (Fsp3) is 0.359. The summed E-state index contributed by atoms with van der Waals surface area (Å²) in [4.78, 5) is 83.3. The number of hydrogen-bond acceptors (Lipinski definition) is 12. The summed E-state index contributed by atoms with van der Waals surface area (Å²) in [6.07, 6.45) is -1.15. The molecule has 0 radical (unpaired) electrons. The molecule has 3 aliphatic rings. The predicted molar refractivity (Wildman–Crippen MR) is 200 cm³/mol. The van der Waals surface area contributed by atoms with E-state index < -0.39 is 66.0 Å². The number of anilines is 1. The van der Waals surface area contributed by atoms with Crippen molar-refractivity contribution in [3.8, 4) is 11.4 Å². The van der Waals surface area contributed by atoms with E-state index in [-0.39, 0.29) is 48.3 Å². The van der Waals surface area contributed by atoms with Gasteiger partial charge in [-0.15, -0.1) is 0 Å². The van der Waals surface area contributed by atoms with Crippen LogP contribution in [0.4, 0.5) is 14.9 Å². The first-order valence-electron chi connectivity index (χ1n) is 18.3. The summed E-state index contributed by atoms with van der Waals surface area (Å²) in [7, 11) is 0. The van der Waals surface area contributed by atoms with Gasteiger partial charge in [0.1, 0.15) is 18.5 Å². The summed E-state index contributed by atoms with van der Waals surface area (Å²) < 4.78 is 32.6. The second-order valence-corrected chi connectivity index (χ2v) is 13.9. The van der Waals surface area contributed by atoms with E-state index in [1.807, 2.05) is 0 Å². The summed E-state index contributed by atoms with van der Waals surface area (Å²) in [6.45, 7) is 2.73. The van der Waals surface area contributed by atoms with Crippen LogP contribution >= 0.6 is 0 Å². The van der Waals surface area contributed by atoms with E-state index in [1.165, 1.54) is 16.7 Å². The Morgan fingerprint density at radius 3 is 2.54 bits per heavy atom. The number of morpholine rings is 1. The first-order valence-corrected chi connectivity index (χ1v) is 18.3. The minimum Gasteiger partial charge on any atom is -0.458 e. The average Bonchev–Trinajstić information content (AvgIpc) is 3.57. The third-order valence-corrected chi connectivity index (χ3v) is 10.4. The number of carbonyl (C=O) groups is 5. The smallest absolute Gasteiger partial charge is 0.405 e. The van der Waals surface area contributed by atoms with E-state index in [2.05, 4.69) is 25.6 Å². The minimum atomic E-state index is -2.02. The van der Waals surface area contributed by atoms with Gasteiger partial charge in [0.25, 0.3) is 11.5 Å². The lowest BCUT2D eigenvalue weighted by Gasteiger charge is -2.31. The number of nitrogens with zero attached hydrogens (tertiary/aromatic N) is 3. The second-order valence-electron chi connectivity index (χ2n) is 13.9. The van der Waals surface area contributed by atoms with Gasteiger partial charge in [-0.1, -0.05) is 37.3 Å². The van der Waals surface area contributed by atoms with Gasteiger partial charge >= 0.3 is 12.1 Å². The van der Waals surface area contributed by atoms with Crippen LogP contribution in [0.5, 0.6) is 0 Å². The van der Waals surface area contributed by atoms with Crippen LogP contribution in [0.25, 0.3) is 22.3 Å². The number of halogens is 1. The van der Waals surface area contributed by atoms with E-state index in [9.17, 15) is 33.9 Å². The number of ether oxygens (including phenoxy) is 3. The number of cyclic esters (lactones) is 1. The van der Waals surface area contributed by atoms with Gasteiger partial charge in [0.15, 0.2) is 12.2 Å². The largest absolute Gasteiger partial charge is 0.458 e. The molecule has 0 unspecified atom stereocenters. The Morgan fingerprint density at radius 2 is 1.82 bits per heavy atom. The average molecular weight is 786 g/mol. The number of esters is 1. The fourth-order valence-corrected chi connectivity index (χ4v) is 7.36. The van der Waals surface area contributed by atoms with Crippen molar-refractivity contribution < 1.29 is 47.7 Å². The summed E-state index contributed by atoms with van der Waals surface area (Å²) in [5.41, 5.74) is 5.76. The molecule has 0 spiro atoms. The highest BCUT2D eigenvalue weighted by Gasteiger charge is 2.45. The second kappa shape index (κ2) is 16.1. The van der Waals surface area contributed by atoms with Gasteiger partial charge in [-0.25, -0.2) is 19.0 Å². The van der Waals surface area contributed by atoms with Crippen molar-refractivity contribution >= 4 is 46.4 Å². The zero-order chi connectivity index (χ0) is 40.4. The molecule has 0 saturated carbocycles. The Labute approximate surface area is 324 Å². The molecule has 2 aromatic heterocycles. The number of fused-ring (bicyclic) bond motifs is 5. The van der Waals surface area contributed by atoms with Crippen LogP contribution in [0.3, 0.4) is 0 Å². The molecule has 2 aromatic carbocycles. The Hall–Kier alpha value is -6.24. The van der Waals surface area contributed by atoms with E-state index in [0.717, 1.165) is 5.56 Å².